The highest BCUT2D eigenvalue weighted by Crippen LogP contribution is 2.28. The molecule has 2 heterocycles. The lowest BCUT2D eigenvalue weighted by atomic mass is 9.83. The fourth-order valence-corrected chi connectivity index (χ4v) is 3.68. The van der Waals surface area contributed by atoms with E-state index in [-0.39, 0.29) is 23.7 Å². The van der Waals surface area contributed by atoms with Gasteiger partial charge in [-0.15, -0.1) is 12.4 Å². The third kappa shape index (κ3) is 4.53. The van der Waals surface area contributed by atoms with Crippen molar-refractivity contribution in [3.63, 3.8) is 0 Å². The van der Waals surface area contributed by atoms with Crippen LogP contribution in [0, 0.1) is 0 Å². The molecule has 1 aromatic carbocycles. The van der Waals surface area contributed by atoms with Crippen LogP contribution in [0.1, 0.15) is 44.7 Å². The van der Waals surface area contributed by atoms with E-state index in [0.717, 1.165) is 32.4 Å². The van der Waals surface area contributed by atoms with E-state index in [9.17, 15) is 4.79 Å². The highest BCUT2D eigenvalue weighted by atomic mass is 35.5. The summed E-state index contributed by atoms with van der Waals surface area (Å²) in [6.45, 7) is 8.78. The zero-order chi connectivity index (χ0) is 18.6. The van der Waals surface area contributed by atoms with Crippen LogP contribution in [0.5, 0.6) is 0 Å². The maximum Gasteiger partial charge on any atom is 0.248 e. The number of aromatic nitrogens is 2. The largest absolute Gasteiger partial charge is 0.353 e. The zero-order valence-electron chi connectivity index (χ0n) is 16.5. The van der Waals surface area contributed by atoms with Gasteiger partial charge in [-0.3, -0.25) is 9.48 Å². The Morgan fingerprint density at radius 2 is 1.93 bits per heavy atom. The van der Waals surface area contributed by atoms with Gasteiger partial charge in [-0.2, -0.15) is 5.10 Å². The number of piperidine rings is 1. The molecule has 1 aliphatic heterocycles. The third-order valence-electron chi connectivity index (χ3n) is 5.63. The van der Waals surface area contributed by atoms with Crippen molar-refractivity contribution in [1.29, 1.82) is 0 Å². The van der Waals surface area contributed by atoms with Crippen molar-refractivity contribution in [2.24, 2.45) is 0 Å². The van der Waals surface area contributed by atoms with Crippen molar-refractivity contribution >= 4 is 18.3 Å². The highest BCUT2D eigenvalue weighted by molar-refractivity contribution is 5.85. The maximum atomic E-state index is 13.2. The molecule has 6 heteroatoms. The van der Waals surface area contributed by atoms with E-state index in [1.54, 1.807) is 6.20 Å². The Labute approximate surface area is 168 Å². The first-order chi connectivity index (χ1) is 12.5. The summed E-state index contributed by atoms with van der Waals surface area (Å²) in [7, 11) is 0. The molecular formula is C21H31ClN4O. The van der Waals surface area contributed by atoms with E-state index >= 15 is 0 Å². The smallest absolute Gasteiger partial charge is 0.248 e. The van der Waals surface area contributed by atoms with E-state index in [4.69, 9.17) is 0 Å². The number of rotatable bonds is 6. The van der Waals surface area contributed by atoms with Crippen LogP contribution in [0.25, 0.3) is 0 Å². The monoisotopic (exact) mass is 390 g/mol. The summed E-state index contributed by atoms with van der Waals surface area (Å²) in [5.41, 5.74) is 1.87. The van der Waals surface area contributed by atoms with Crippen molar-refractivity contribution < 1.29 is 4.79 Å². The van der Waals surface area contributed by atoms with E-state index in [2.05, 4.69) is 60.8 Å². The average Bonchev–Trinajstić information content (AvgIpc) is 3.22. The molecule has 1 aliphatic rings. The Hall–Kier alpha value is -1.85. The van der Waals surface area contributed by atoms with Crippen molar-refractivity contribution in [2.75, 3.05) is 19.6 Å². The molecule has 0 spiro atoms. The summed E-state index contributed by atoms with van der Waals surface area (Å²) >= 11 is 0. The second kappa shape index (κ2) is 8.89. The fraction of sp³-hybridized carbons (Fsp3) is 0.524. The molecular weight excluding hydrogens is 360 g/mol. The molecule has 0 unspecified atom stereocenters. The average molecular weight is 391 g/mol. The number of benzene rings is 1. The van der Waals surface area contributed by atoms with Crippen LogP contribution in [-0.4, -0.2) is 35.3 Å². The minimum Gasteiger partial charge on any atom is -0.353 e. The number of amides is 1. The van der Waals surface area contributed by atoms with Crippen molar-refractivity contribution in [1.82, 2.24) is 20.4 Å². The SMILES string of the molecule is CCc1ccc(C(C)(C)CNC(=O)C2(n3cccn3)CCNCC2)cc1.Cl. The Bertz CT molecular complexity index is 719. The van der Waals surface area contributed by atoms with Crippen LogP contribution in [0.3, 0.4) is 0 Å². The van der Waals surface area contributed by atoms with Gasteiger partial charge in [0.2, 0.25) is 5.91 Å². The Morgan fingerprint density at radius 1 is 1.26 bits per heavy atom. The van der Waals surface area contributed by atoms with E-state index < -0.39 is 5.54 Å². The lowest BCUT2D eigenvalue weighted by Crippen LogP contribution is -2.56. The van der Waals surface area contributed by atoms with Crippen LogP contribution < -0.4 is 10.6 Å². The minimum atomic E-state index is -0.586. The van der Waals surface area contributed by atoms with Crippen molar-refractivity contribution in [3.8, 4) is 0 Å². The summed E-state index contributed by atoms with van der Waals surface area (Å²) in [4.78, 5) is 13.2. The van der Waals surface area contributed by atoms with Crippen LogP contribution in [0.2, 0.25) is 0 Å². The van der Waals surface area contributed by atoms with E-state index in [1.165, 1.54) is 11.1 Å². The summed E-state index contributed by atoms with van der Waals surface area (Å²) < 4.78 is 1.84. The number of hydrogen-bond donors (Lipinski definition) is 2. The molecule has 2 aromatic rings. The number of aryl methyl sites for hydroxylation is 1. The predicted molar refractivity (Wildman–Crippen MR) is 111 cm³/mol. The first-order valence-electron chi connectivity index (χ1n) is 9.56. The lowest BCUT2D eigenvalue weighted by Gasteiger charge is -2.37. The normalized spacial score (nSPS) is 16.4. The van der Waals surface area contributed by atoms with Gasteiger partial charge in [0.05, 0.1) is 0 Å². The number of carbonyl (C=O) groups is 1. The topological polar surface area (TPSA) is 59.0 Å². The van der Waals surface area contributed by atoms with Gasteiger partial charge < -0.3 is 10.6 Å². The molecule has 0 bridgehead atoms. The van der Waals surface area contributed by atoms with Crippen LogP contribution in [0.4, 0.5) is 0 Å². The van der Waals surface area contributed by atoms with Crippen molar-refractivity contribution in [3.05, 3.63) is 53.9 Å². The molecule has 0 atom stereocenters. The summed E-state index contributed by atoms with van der Waals surface area (Å²) in [6, 6.07) is 10.6. The van der Waals surface area contributed by atoms with E-state index in [1.807, 2.05) is 16.9 Å². The predicted octanol–water partition coefficient (Wildman–Crippen LogP) is 3.04. The second-order valence-electron chi connectivity index (χ2n) is 7.85. The van der Waals surface area contributed by atoms with Crippen LogP contribution in [0.15, 0.2) is 42.7 Å². The minimum absolute atomic E-state index is 0. The molecule has 0 aliphatic carbocycles. The quantitative estimate of drug-likeness (QED) is 0.797. The summed E-state index contributed by atoms with van der Waals surface area (Å²) in [5, 5.41) is 10.9. The Balaban J connectivity index is 0.00000261. The Kier molecular flexibility index (Phi) is 7.06. The number of nitrogens with one attached hydrogen (secondary N) is 2. The fourth-order valence-electron chi connectivity index (χ4n) is 3.68. The van der Waals surface area contributed by atoms with Gasteiger partial charge in [0.15, 0.2) is 0 Å². The van der Waals surface area contributed by atoms with Crippen LogP contribution in [-0.2, 0) is 22.2 Å². The van der Waals surface area contributed by atoms with Gasteiger partial charge in [0, 0.05) is 24.4 Å². The molecule has 1 amide bonds. The van der Waals surface area contributed by atoms with Gasteiger partial charge in [0.1, 0.15) is 5.54 Å². The zero-order valence-corrected chi connectivity index (χ0v) is 17.3. The molecule has 27 heavy (non-hydrogen) atoms. The molecule has 148 valence electrons. The first kappa shape index (κ1) is 21.5. The second-order valence-corrected chi connectivity index (χ2v) is 7.85. The molecule has 1 saturated heterocycles. The molecule has 1 aromatic heterocycles. The van der Waals surface area contributed by atoms with Gasteiger partial charge >= 0.3 is 0 Å². The van der Waals surface area contributed by atoms with Gasteiger partial charge in [-0.1, -0.05) is 45.0 Å². The lowest BCUT2D eigenvalue weighted by molar-refractivity contribution is -0.132. The molecule has 1 fully saturated rings. The standard InChI is InChI=1S/C21H30N4O.ClH/c1-4-17-6-8-18(9-7-17)20(2,3)16-23-19(26)21(10-13-22-14-11-21)25-15-5-12-24-25;/h5-9,12,15,22H,4,10-11,13-14,16H2,1-3H3,(H,23,26);1H. The van der Waals surface area contributed by atoms with Crippen molar-refractivity contribution in [2.45, 2.75) is 51.0 Å². The van der Waals surface area contributed by atoms with Gasteiger partial charge in [0.25, 0.3) is 0 Å². The number of halogens is 1. The summed E-state index contributed by atoms with van der Waals surface area (Å²) in [5.74, 6) is 0.0703. The van der Waals surface area contributed by atoms with Gasteiger partial charge in [-0.25, -0.2) is 0 Å². The number of nitrogens with zero attached hydrogens (tertiary/aromatic N) is 2. The third-order valence-corrected chi connectivity index (χ3v) is 5.63. The Morgan fingerprint density at radius 3 is 2.48 bits per heavy atom. The molecule has 0 saturated carbocycles. The number of carbonyl (C=O) groups excluding carboxylic acids is 1. The number of hydrogen-bond acceptors (Lipinski definition) is 3. The van der Waals surface area contributed by atoms with Crippen LogP contribution >= 0.6 is 12.4 Å². The first-order valence-corrected chi connectivity index (χ1v) is 9.56. The molecule has 3 rings (SSSR count). The molecule has 5 nitrogen and oxygen atoms in total. The van der Waals surface area contributed by atoms with Gasteiger partial charge in [-0.05, 0) is 49.5 Å². The van der Waals surface area contributed by atoms with E-state index in [0.29, 0.717) is 6.54 Å². The molecule has 0 radical (unpaired) electrons. The highest BCUT2D eigenvalue weighted by Gasteiger charge is 2.42. The summed E-state index contributed by atoms with van der Waals surface area (Å²) in [6.07, 6.45) is 6.20. The molecule has 2 N–H and O–H groups in total. The maximum absolute atomic E-state index is 13.2.